The zero-order chi connectivity index (χ0) is 19.0. The summed E-state index contributed by atoms with van der Waals surface area (Å²) in [6.45, 7) is 2.17. The zero-order valence-electron chi connectivity index (χ0n) is 15.3. The van der Waals surface area contributed by atoms with Crippen LogP contribution in [0.15, 0.2) is 12.1 Å². The molecule has 1 aromatic carbocycles. The number of nitrogens with zero attached hydrogens (tertiary/aromatic N) is 1. The van der Waals surface area contributed by atoms with E-state index in [4.69, 9.17) is 14.2 Å². The number of hydrogen-bond donors (Lipinski definition) is 1. The van der Waals surface area contributed by atoms with Crippen molar-refractivity contribution in [1.82, 2.24) is 5.32 Å². The Morgan fingerprint density at radius 3 is 2.08 bits per heavy atom. The maximum Gasteiger partial charge on any atom is 0.240 e. The SMILES string of the molecule is CCCCNC(=O)CN(c1cc(OC)c(OC)c(OC)c1)S(C)(=O)=O. The quantitative estimate of drug-likeness (QED) is 0.622. The van der Waals surface area contributed by atoms with Crippen LogP contribution in [0.25, 0.3) is 0 Å². The van der Waals surface area contributed by atoms with Gasteiger partial charge < -0.3 is 19.5 Å². The number of carbonyl (C=O) groups excluding carboxylic acids is 1. The number of anilines is 1. The van der Waals surface area contributed by atoms with Gasteiger partial charge in [-0.3, -0.25) is 9.10 Å². The minimum atomic E-state index is -3.69. The minimum Gasteiger partial charge on any atom is -0.493 e. The highest BCUT2D eigenvalue weighted by atomic mass is 32.2. The third-order valence-electron chi connectivity index (χ3n) is 3.48. The van der Waals surface area contributed by atoms with E-state index in [0.29, 0.717) is 23.8 Å². The molecule has 142 valence electrons. The predicted molar refractivity (Wildman–Crippen MR) is 96.2 cm³/mol. The highest BCUT2D eigenvalue weighted by Gasteiger charge is 2.24. The molecule has 0 heterocycles. The molecule has 0 aromatic heterocycles. The van der Waals surface area contributed by atoms with Crippen LogP contribution in [-0.4, -0.2) is 55.0 Å². The zero-order valence-corrected chi connectivity index (χ0v) is 16.1. The Bertz CT molecular complexity index is 665. The second-order valence-corrected chi connectivity index (χ2v) is 7.26. The van der Waals surface area contributed by atoms with Gasteiger partial charge in [-0.05, 0) is 6.42 Å². The molecule has 0 aliphatic carbocycles. The van der Waals surface area contributed by atoms with Crippen LogP contribution in [0, 0.1) is 0 Å². The average Bonchev–Trinajstić information content (AvgIpc) is 2.57. The summed E-state index contributed by atoms with van der Waals surface area (Å²) in [6.07, 6.45) is 2.80. The van der Waals surface area contributed by atoms with Gasteiger partial charge in [-0.2, -0.15) is 0 Å². The van der Waals surface area contributed by atoms with Crippen molar-refractivity contribution >= 4 is 21.6 Å². The number of benzene rings is 1. The Morgan fingerprint density at radius 1 is 1.12 bits per heavy atom. The summed E-state index contributed by atoms with van der Waals surface area (Å²) in [5, 5.41) is 2.70. The van der Waals surface area contributed by atoms with Crippen molar-refractivity contribution in [1.29, 1.82) is 0 Å². The Balaban J connectivity index is 3.22. The fraction of sp³-hybridized carbons (Fsp3) is 0.562. The lowest BCUT2D eigenvalue weighted by Crippen LogP contribution is -2.40. The van der Waals surface area contributed by atoms with Crippen LogP contribution in [0.1, 0.15) is 19.8 Å². The molecule has 1 aromatic rings. The van der Waals surface area contributed by atoms with Crippen molar-refractivity contribution in [3.05, 3.63) is 12.1 Å². The lowest BCUT2D eigenvalue weighted by molar-refractivity contribution is -0.119. The molecule has 0 saturated heterocycles. The summed E-state index contributed by atoms with van der Waals surface area (Å²) in [5.41, 5.74) is 0.252. The second kappa shape index (κ2) is 9.36. The Hall–Kier alpha value is -2.16. The molecule has 0 aliphatic heterocycles. The molecule has 1 amide bonds. The topological polar surface area (TPSA) is 94.2 Å². The number of amides is 1. The van der Waals surface area contributed by atoms with Crippen LogP contribution in [-0.2, 0) is 14.8 Å². The molecule has 1 N–H and O–H groups in total. The highest BCUT2D eigenvalue weighted by molar-refractivity contribution is 7.92. The van der Waals surface area contributed by atoms with Gasteiger partial charge in [-0.15, -0.1) is 0 Å². The molecule has 0 saturated carbocycles. The van der Waals surface area contributed by atoms with Crippen molar-refractivity contribution in [3.8, 4) is 17.2 Å². The first-order valence-electron chi connectivity index (χ1n) is 7.82. The Morgan fingerprint density at radius 2 is 1.68 bits per heavy atom. The van der Waals surface area contributed by atoms with Crippen LogP contribution < -0.4 is 23.8 Å². The van der Waals surface area contributed by atoms with E-state index in [1.807, 2.05) is 6.92 Å². The molecular weight excluding hydrogens is 348 g/mol. The maximum absolute atomic E-state index is 12.2. The summed E-state index contributed by atoms with van der Waals surface area (Å²) in [4.78, 5) is 12.1. The van der Waals surface area contributed by atoms with Crippen molar-refractivity contribution in [2.45, 2.75) is 19.8 Å². The molecule has 0 radical (unpaired) electrons. The van der Waals surface area contributed by atoms with Crippen molar-refractivity contribution in [3.63, 3.8) is 0 Å². The van der Waals surface area contributed by atoms with Crippen molar-refractivity contribution < 1.29 is 27.4 Å². The van der Waals surface area contributed by atoms with Crippen molar-refractivity contribution in [2.24, 2.45) is 0 Å². The minimum absolute atomic E-state index is 0.252. The molecule has 9 heteroatoms. The van der Waals surface area contributed by atoms with Gasteiger partial charge in [0.25, 0.3) is 0 Å². The normalized spacial score (nSPS) is 10.9. The van der Waals surface area contributed by atoms with Crippen LogP contribution >= 0.6 is 0 Å². The first-order chi connectivity index (χ1) is 11.8. The molecule has 1 rings (SSSR count). The van der Waals surface area contributed by atoms with E-state index >= 15 is 0 Å². The van der Waals surface area contributed by atoms with Crippen LogP contribution in [0.2, 0.25) is 0 Å². The second-order valence-electron chi connectivity index (χ2n) is 5.36. The molecular formula is C16H26N2O6S. The standard InChI is InChI=1S/C16H26N2O6S/c1-6-7-8-17-15(19)11-18(25(5,20)21)12-9-13(22-2)16(24-4)14(10-12)23-3/h9-10H,6-8,11H2,1-5H3,(H,17,19). The summed E-state index contributed by atoms with van der Waals surface area (Å²) in [7, 11) is 0.629. The van der Waals surface area contributed by atoms with Gasteiger partial charge in [0.2, 0.25) is 21.7 Å². The third kappa shape index (κ3) is 5.70. The van der Waals surface area contributed by atoms with Crippen LogP contribution in [0.4, 0.5) is 5.69 Å². The lowest BCUT2D eigenvalue weighted by atomic mass is 10.2. The van der Waals surface area contributed by atoms with E-state index in [2.05, 4.69) is 5.32 Å². The van der Waals surface area contributed by atoms with E-state index in [9.17, 15) is 13.2 Å². The lowest BCUT2D eigenvalue weighted by Gasteiger charge is -2.24. The number of nitrogens with one attached hydrogen (secondary N) is 1. The van der Waals surface area contributed by atoms with Gasteiger partial charge in [0.1, 0.15) is 6.54 Å². The van der Waals surface area contributed by atoms with Crippen molar-refractivity contribution in [2.75, 3.05) is 45.0 Å². The van der Waals surface area contributed by atoms with E-state index in [1.165, 1.54) is 33.5 Å². The first-order valence-corrected chi connectivity index (χ1v) is 9.67. The fourth-order valence-corrected chi connectivity index (χ4v) is 3.04. The van der Waals surface area contributed by atoms with E-state index in [-0.39, 0.29) is 18.1 Å². The van der Waals surface area contributed by atoms with Crippen LogP contribution in [0.3, 0.4) is 0 Å². The molecule has 0 unspecified atom stereocenters. The third-order valence-corrected chi connectivity index (χ3v) is 4.62. The number of sulfonamides is 1. The van der Waals surface area contributed by atoms with Gasteiger partial charge in [-0.1, -0.05) is 13.3 Å². The number of carbonyl (C=O) groups is 1. The molecule has 0 aliphatic rings. The van der Waals surface area contributed by atoms with Gasteiger partial charge in [-0.25, -0.2) is 8.42 Å². The molecule has 0 spiro atoms. The molecule has 25 heavy (non-hydrogen) atoms. The van der Waals surface area contributed by atoms with E-state index < -0.39 is 10.0 Å². The number of hydrogen-bond acceptors (Lipinski definition) is 6. The highest BCUT2D eigenvalue weighted by Crippen LogP contribution is 2.41. The summed E-state index contributed by atoms with van der Waals surface area (Å²) < 4.78 is 41.1. The van der Waals surface area contributed by atoms with Gasteiger partial charge >= 0.3 is 0 Å². The fourth-order valence-electron chi connectivity index (χ4n) is 2.20. The Kier molecular flexibility index (Phi) is 7.82. The summed E-state index contributed by atoms with van der Waals surface area (Å²) >= 11 is 0. The largest absolute Gasteiger partial charge is 0.493 e. The molecule has 0 atom stereocenters. The number of methoxy groups -OCH3 is 3. The predicted octanol–water partition coefficient (Wildman–Crippen LogP) is 1.39. The Labute approximate surface area is 149 Å². The molecule has 0 fully saturated rings. The molecule has 8 nitrogen and oxygen atoms in total. The van der Waals surface area contributed by atoms with E-state index in [0.717, 1.165) is 23.4 Å². The maximum atomic E-state index is 12.2. The smallest absolute Gasteiger partial charge is 0.240 e. The monoisotopic (exact) mass is 374 g/mol. The molecule has 0 bridgehead atoms. The average molecular weight is 374 g/mol. The number of rotatable bonds is 10. The van der Waals surface area contributed by atoms with Crippen LogP contribution in [0.5, 0.6) is 17.2 Å². The van der Waals surface area contributed by atoms with Gasteiger partial charge in [0.15, 0.2) is 11.5 Å². The van der Waals surface area contributed by atoms with Gasteiger partial charge in [0.05, 0.1) is 33.3 Å². The first kappa shape index (κ1) is 20.9. The number of unbranched alkanes of at least 4 members (excludes halogenated alkanes) is 1. The van der Waals surface area contributed by atoms with Gasteiger partial charge in [0, 0.05) is 18.7 Å². The summed E-state index contributed by atoms with van der Waals surface area (Å²) in [6, 6.07) is 2.98. The number of ether oxygens (including phenoxy) is 3. The van der Waals surface area contributed by atoms with E-state index in [1.54, 1.807) is 0 Å². The summed E-state index contributed by atoms with van der Waals surface area (Å²) in [5.74, 6) is 0.566.